The van der Waals surface area contributed by atoms with Crippen molar-refractivity contribution >= 4 is 23.5 Å². The first-order chi connectivity index (χ1) is 16.0. The summed E-state index contributed by atoms with van der Waals surface area (Å²) >= 11 is 0. The Morgan fingerprint density at radius 1 is 1.06 bits per heavy atom. The molecule has 2 aromatic carbocycles. The minimum Gasteiger partial charge on any atom is -0.495 e. The molecule has 8 nitrogen and oxygen atoms in total. The van der Waals surface area contributed by atoms with Gasteiger partial charge < -0.3 is 19.3 Å². The van der Waals surface area contributed by atoms with E-state index in [-0.39, 0.29) is 12.5 Å². The first-order valence-corrected chi connectivity index (χ1v) is 11.3. The van der Waals surface area contributed by atoms with Gasteiger partial charge in [-0.15, -0.1) is 0 Å². The standard InChI is InChI=1S/C25H30N4O4/c1-4-33-24(31)21-22(18-11-9-17(2)10-12-18)26-25(27-23(21)30)29-15-13-28(14-16-29)19-7-5-6-8-20(19)32-3/h5-12,21-22H,4,13-16H2,1-3H3,(H,26,27,30)/t21-,22+/m0/s1. The summed E-state index contributed by atoms with van der Waals surface area (Å²) in [5.41, 5.74) is 2.97. The number of carbonyl (C=O) groups excluding carboxylic acids is 2. The summed E-state index contributed by atoms with van der Waals surface area (Å²) in [5, 5.41) is 2.86. The lowest BCUT2D eigenvalue weighted by Crippen LogP contribution is -2.57. The molecule has 2 aliphatic rings. The number of carbonyl (C=O) groups is 2. The predicted octanol–water partition coefficient (Wildman–Crippen LogP) is 2.53. The summed E-state index contributed by atoms with van der Waals surface area (Å²) < 4.78 is 10.7. The minimum absolute atomic E-state index is 0.213. The van der Waals surface area contributed by atoms with Crippen molar-refractivity contribution in [1.29, 1.82) is 0 Å². The average Bonchev–Trinajstić information content (AvgIpc) is 2.84. The topological polar surface area (TPSA) is 83.5 Å². The lowest BCUT2D eigenvalue weighted by atomic mass is 9.91. The number of amides is 1. The molecule has 0 spiro atoms. The van der Waals surface area contributed by atoms with E-state index in [1.807, 2.05) is 55.5 Å². The molecule has 1 saturated heterocycles. The van der Waals surface area contributed by atoms with E-state index in [9.17, 15) is 9.59 Å². The van der Waals surface area contributed by atoms with Gasteiger partial charge in [-0.1, -0.05) is 42.0 Å². The maximum atomic E-state index is 13.0. The summed E-state index contributed by atoms with van der Waals surface area (Å²) in [6.45, 7) is 6.82. The number of methoxy groups -OCH3 is 1. The van der Waals surface area contributed by atoms with Gasteiger partial charge in [-0.3, -0.25) is 14.9 Å². The Bertz CT molecular complexity index is 1030. The fourth-order valence-corrected chi connectivity index (χ4v) is 4.28. The fourth-order valence-electron chi connectivity index (χ4n) is 4.28. The number of aliphatic imine (C=N–C) groups is 1. The third-order valence-corrected chi connectivity index (χ3v) is 6.06. The van der Waals surface area contributed by atoms with Gasteiger partial charge in [0.1, 0.15) is 11.8 Å². The molecule has 174 valence electrons. The molecule has 4 rings (SSSR count). The molecule has 0 aliphatic carbocycles. The highest BCUT2D eigenvalue weighted by atomic mass is 16.5. The number of nitrogens with zero attached hydrogens (tertiary/aromatic N) is 3. The molecule has 2 aliphatic heterocycles. The maximum absolute atomic E-state index is 13.0. The second kappa shape index (κ2) is 9.94. The Balaban J connectivity index is 1.56. The Morgan fingerprint density at radius 3 is 2.39 bits per heavy atom. The van der Waals surface area contributed by atoms with Crippen LogP contribution >= 0.6 is 0 Å². The Hall–Kier alpha value is -3.55. The zero-order chi connectivity index (χ0) is 23.4. The van der Waals surface area contributed by atoms with Crippen LogP contribution < -0.4 is 15.0 Å². The Kier molecular flexibility index (Phi) is 6.82. The monoisotopic (exact) mass is 450 g/mol. The molecule has 1 N–H and O–H groups in total. The number of guanidine groups is 1. The van der Waals surface area contributed by atoms with E-state index in [1.54, 1.807) is 14.0 Å². The van der Waals surface area contributed by atoms with Crippen molar-refractivity contribution in [3.63, 3.8) is 0 Å². The number of aryl methyl sites for hydroxylation is 1. The number of anilines is 1. The van der Waals surface area contributed by atoms with Crippen molar-refractivity contribution in [3.8, 4) is 5.75 Å². The average molecular weight is 451 g/mol. The van der Waals surface area contributed by atoms with E-state index in [4.69, 9.17) is 14.5 Å². The number of rotatable bonds is 5. The molecule has 0 bridgehead atoms. The first kappa shape index (κ1) is 22.6. The molecule has 0 saturated carbocycles. The number of nitrogens with one attached hydrogen (secondary N) is 1. The predicted molar refractivity (Wildman–Crippen MR) is 126 cm³/mol. The molecule has 2 heterocycles. The van der Waals surface area contributed by atoms with E-state index in [2.05, 4.69) is 15.1 Å². The zero-order valence-electron chi connectivity index (χ0n) is 19.3. The molecule has 1 fully saturated rings. The van der Waals surface area contributed by atoms with Gasteiger partial charge in [0.25, 0.3) is 0 Å². The molecule has 8 heteroatoms. The van der Waals surface area contributed by atoms with Crippen LogP contribution in [0.2, 0.25) is 0 Å². The van der Waals surface area contributed by atoms with Gasteiger partial charge in [-0.25, -0.2) is 4.99 Å². The van der Waals surface area contributed by atoms with E-state index in [1.165, 1.54) is 0 Å². The highest BCUT2D eigenvalue weighted by Crippen LogP contribution is 2.32. The number of hydrogen-bond donors (Lipinski definition) is 1. The number of benzene rings is 2. The summed E-state index contributed by atoms with van der Waals surface area (Å²) in [5.74, 6) is -0.594. The van der Waals surface area contributed by atoms with Crippen LogP contribution in [-0.4, -0.2) is 62.6 Å². The van der Waals surface area contributed by atoms with E-state index < -0.39 is 17.9 Å². The summed E-state index contributed by atoms with van der Waals surface area (Å²) in [7, 11) is 1.67. The number of para-hydroxylation sites is 2. The molecule has 0 unspecified atom stereocenters. The third kappa shape index (κ3) is 4.79. The number of hydrogen-bond acceptors (Lipinski definition) is 7. The van der Waals surface area contributed by atoms with Crippen molar-refractivity contribution in [2.75, 3.05) is 44.8 Å². The smallest absolute Gasteiger partial charge is 0.321 e. The van der Waals surface area contributed by atoms with E-state index in [0.717, 1.165) is 35.7 Å². The fraction of sp³-hybridized carbons (Fsp3) is 0.400. The Labute approximate surface area is 194 Å². The van der Waals surface area contributed by atoms with Gasteiger partial charge in [0.05, 0.1) is 19.4 Å². The van der Waals surface area contributed by atoms with E-state index >= 15 is 0 Å². The van der Waals surface area contributed by atoms with Gasteiger partial charge in [0.15, 0.2) is 5.92 Å². The van der Waals surface area contributed by atoms with Gasteiger partial charge in [-0.05, 0) is 31.5 Å². The lowest BCUT2D eigenvalue weighted by Gasteiger charge is -2.40. The second-order valence-electron chi connectivity index (χ2n) is 8.17. The summed E-state index contributed by atoms with van der Waals surface area (Å²) in [6.07, 6.45) is 0. The third-order valence-electron chi connectivity index (χ3n) is 6.06. The van der Waals surface area contributed by atoms with Gasteiger partial charge in [-0.2, -0.15) is 0 Å². The van der Waals surface area contributed by atoms with Crippen molar-refractivity contribution in [2.45, 2.75) is 19.9 Å². The highest BCUT2D eigenvalue weighted by Gasteiger charge is 2.42. The SMILES string of the molecule is CCOC(=O)[C@@H]1C(=O)NC(N2CCN(c3ccccc3OC)CC2)=N[C@@H]1c1ccc(C)cc1. The van der Waals surface area contributed by atoms with Crippen LogP contribution in [0.5, 0.6) is 5.75 Å². The van der Waals surface area contributed by atoms with Crippen LogP contribution in [0, 0.1) is 12.8 Å². The molecule has 2 aromatic rings. The van der Waals surface area contributed by atoms with Gasteiger partial charge in [0.2, 0.25) is 11.9 Å². The van der Waals surface area contributed by atoms with Crippen molar-refractivity contribution in [2.24, 2.45) is 10.9 Å². The van der Waals surface area contributed by atoms with Crippen LogP contribution in [0.3, 0.4) is 0 Å². The Morgan fingerprint density at radius 2 is 1.73 bits per heavy atom. The van der Waals surface area contributed by atoms with Crippen LogP contribution in [0.4, 0.5) is 5.69 Å². The first-order valence-electron chi connectivity index (χ1n) is 11.3. The maximum Gasteiger partial charge on any atom is 0.321 e. The normalized spacial score (nSPS) is 20.7. The van der Waals surface area contributed by atoms with Crippen molar-refractivity contribution < 1.29 is 19.1 Å². The molecular formula is C25H30N4O4. The van der Waals surface area contributed by atoms with Gasteiger partial charge in [0, 0.05) is 26.2 Å². The van der Waals surface area contributed by atoms with Crippen LogP contribution in [-0.2, 0) is 14.3 Å². The highest BCUT2D eigenvalue weighted by molar-refractivity contribution is 6.08. The molecular weight excluding hydrogens is 420 g/mol. The molecule has 1 amide bonds. The molecule has 33 heavy (non-hydrogen) atoms. The number of piperazine rings is 1. The zero-order valence-corrected chi connectivity index (χ0v) is 19.3. The second-order valence-corrected chi connectivity index (χ2v) is 8.17. The largest absolute Gasteiger partial charge is 0.495 e. The van der Waals surface area contributed by atoms with Crippen LogP contribution in [0.1, 0.15) is 24.1 Å². The van der Waals surface area contributed by atoms with Gasteiger partial charge >= 0.3 is 5.97 Å². The molecule has 0 aromatic heterocycles. The molecule has 0 radical (unpaired) electrons. The quantitative estimate of drug-likeness (QED) is 0.557. The minimum atomic E-state index is -1.01. The summed E-state index contributed by atoms with van der Waals surface area (Å²) in [6, 6.07) is 15.1. The van der Waals surface area contributed by atoms with Crippen LogP contribution in [0.15, 0.2) is 53.5 Å². The van der Waals surface area contributed by atoms with E-state index in [0.29, 0.717) is 19.0 Å². The summed E-state index contributed by atoms with van der Waals surface area (Å²) in [4.78, 5) is 34.8. The lowest BCUT2D eigenvalue weighted by molar-refractivity contribution is -0.153. The number of esters is 1. The van der Waals surface area contributed by atoms with Crippen LogP contribution in [0.25, 0.3) is 0 Å². The van der Waals surface area contributed by atoms with Crippen molar-refractivity contribution in [1.82, 2.24) is 10.2 Å². The number of ether oxygens (including phenoxy) is 2. The molecule has 2 atom stereocenters. The van der Waals surface area contributed by atoms with Crippen molar-refractivity contribution in [3.05, 3.63) is 59.7 Å².